The molecule has 0 saturated carbocycles. The van der Waals surface area contributed by atoms with E-state index >= 15 is 0 Å². The summed E-state index contributed by atoms with van der Waals surface area (Å²) < 4.78 is 28.1. The average molecular weight is 321 g/mol. The van der Waals surface area contributed by atoms with Crippen molar-refractivity contribution >= 4 is 10.0 Å². The molecule has 1 N–H and O–H groups in total. The molecule has 0 amide bonds. The SMILES string of the molecule is CCCS(=O)(=O)NCCc1ncc(C)n1Cc1ccccc1. The van der Waals surface area contributed by atoms with Gasteiger partial charge in [0.25, 0.3) is 0 Å². The van der Waals surface area contributed by atoms with E-state index in [0.717, 1.165) is 18.1 Å². The standard InChI is InChI=1S/C16H23N3O2S/c1-3-11-22(20,21)18-10-9-16-17-12-14(2)19(16)13-15-7-5-4-6-8-15/h4-8,12,18H,3,9-11,13H2,1-2H3. The first-order chi connectivity index (χ1) is 10.5. The Labute approximate surface area is 132 Å². The summed E-state index contributed by atoms with van der Waals surface area (Å²) in [5.74, 6) is 1.07. The normalized spacial score (nSPS) is 11.7. The van der Waals surface area contributed by atoms with Crippen LogP contribution in [0.3, 0.4) is 0 Å². The molecule has 2 aromatic rings. The van der Waals surface area contributed by atoms with Gasteiger partial charge in [-0.1, -0.05) is 37.3 Å². The molecule has 6 heteroatoms. The largest absolute Gasteiger partial charge is 0.328 e. The van der Waals surface area contributed by atoms with Crippen molar-refractivity contribution in [2.75, 3.05) is 12.3 Å². The second-order valence-corrected chi connectivity index (χ2v) is 7.28. The second kappa shape index (κ2) is 7.56. The highest BCUT2D eigenvalue weighted by atomic mass is 32.2. The number of aryl methyl sites for hydroxylation is 1. The third-order valence-corrected chi connectivity index (χ3v) is 5.05. The second-order valence-electron chi connectivity index (χ2n) is 5.35. The first kappa shape index (κ1) is 16.7. The van der Waals surface area contributed by atoms with Crippen LogP contribution in [0.25, 0.3) is 0 Å². The Morgan fingerprint density at radius 2 is 1.95 bits per heavy atom. The Hall–Kier alpha value is -1.66. The Balaban J connectivity index is 2.01. The van der Waals surface area contributed by atoms with Crippen molar-refractivity contribution in [3.05, 3.63) is 53.6 Å². The summed E-state index contributed by atoms with van der Waals surface area (Å²) in [6.45, 7) is 5.01. The predicted octanol–water partition coefficient (Wildman–Crippen LogP) is 2.11. The summed E-state index contributed by atoms with van der Waals surface area (Å²) in [7, 11) is -3.15. The third kappa shape index (κ3) is 4.68. The lowest BCUT2D eigenvalue weighted by atomic mass is 10.2. The van der Waals surface area contributed by atoms with Gasteiger partial charge < -0.3 is 4.57 Å². The minimum atomic E-state index is -3.15. The molecule has 1 heterocycles. The molecule has 0 unspecified atom stereocenters. The minimum absolute atomic E-state index is 0.171. The number of hydrogen-bond acceptors (Lipinski definition) is 3. The molecule has 0 radical (unpaired) electrons. The van der Waals surface area contributed by atoms with Gasteiger partial charge in [0.05, 0.1) is 5.75 Å². The minimum Gasteiger partial charge on any atom is -0.328 e. The van der Waals surface area contributed by atoms with E-state index in [2.05, 4.69) is 26.4 Å². The highest BCUT2D eigenvalue weighted by molar-refractivity contribution is 7.89. The predicted molar refractivity (Wildman–Crippen MR) is 88.3 cm³/mol. The Bertz CT molecular complexity index is 693. The van der Waals surface area contributed by atoms with Crippen LogP contribution in [0.15, 0.2) is 36.5 Å². The fourth-order valence-corrected chi connectivity index (χ4v) is 3.45. The van der Waals surface area contributed by atoms with Gasteiger partial charge in [-0.3, -0.25) is 0 Å². The zero-order chi connectivity index (χ0) is 16.0. The Morgan fingerprint density at radius 3 is 2.64 bits per heavy atom. The van der Waals surface area contributed by atoms with E-state index in [1.807, 2.05) is 38.2 Å². The maximum atomic E-state index is 11.7. The summed E-state index contributed by atoms with van der Waals surface area (Å²) in [6.07, 6.45) is 3.04. The number of imidazole rings is 1. The summed E-state index contributed by atoms with van der Waals surface area (Å²) in [4.78, 5) is 4.41. The molecule has 0 bridgehead atoms. The highest BCUT2D eigenvalue weighted by Crippen LogP contribution is 2.10. The molecule has 0 fully saturated rings. The van der Waals surface area contributed by atoms with E-state index in [1.54, 1.807) is 0 Å². The fraction of sp³-hybridized carbons (Fsp3) is 0.438. The Kier molecular flexibility index (Phi) is 5.74. The van der Waals surface area contributed by atoms with Gasteiger partial charge in [-0.05, 0) is 18.9 Å². The van der Waals surface area contributed by atoms with Crippen molar-refractivity contribution in [3.8, 4) is 0 Å². The molecule has 0 saturated heterocycles. The van der Waals surface area contributed by atoms with Crippen LogP contribution >= 0.6 is 0 Å². The van der Waals surface area contributed by atoms with E-state index in [4.69, 9.17) is 0 Å². The number of hydrogen-bond donors (Lipinski definition) is 1. The summed E-state index contributed by atoms with van der Waals surface area (Å²) in [5, 5.41) is 0. The van der Waals surface area contributed by atoms with Crippen LogP contribution < -0.4 is 4.72 Å². The van der Waals surface area contributed by atoms with Gasteiger partial charge in [0.1, 0.15) is 5.82 Å². The van der Waals surface area contributed by atoms with Crippen LogP contribution in [0.4, 0.5) is 0 Å². The van der Waals surface area contributed by atoms with Gasteiger partial charge in [-0.15, -0.1) is 0 Å². The van der Waals surface area contributed by atoms with Crippen LogP contribution in [-0.4, -0.2) is 30.3 Å². The molecular weight excluding hydrogens is 298 g/mol. The number of sulfonamides is 1. The zero-order valence-corrected chi connectivity index (χ0v) is 13.9. The number of aromatic nitrogens is 2. The fourth-order valence-electron chi connectivity index (χ4n) is 2.35. The van der Waals surface area contributed by atoms with E-state index in [9.17, 15) is 8.42 Å². The van der Waals surface area contributed by atoms with Crippen LogP contribution in [0.1, 0.15) is 30.4 Å². The monoisotopic (exact) mass is 321 g/mol. The molecule has 5 nitrogen and oxygen atoms in total. The lowest BCUT2D eigenvalue weighted by Gasteiger charge is -2.11. The van der Waals surface area contributed by atoms with Crippen LogP contribution in [0, 0.1) is 6.92 Å². The summed E-state index contributed by atoms with van der Waals surface area (Å²) in [5.41, 5.74) is 2.28. The molecule has 2 rings (SSSR count). The lowest BCUT2D eigenvalue weighted by molar-refractivity contribution is 0.578. The lowest BCUT2D eigenvalue weighted by Crippen LogP contribution is -2.28. The molecule has 1 aromatic heterocycles. The van der Waals surface area contributed by atoms with Crippen molar-refractivity contribution in [1.82, 2.24) is 14.3 Å². The maximum Gasteiger partial charge on any atom is 0.211 e. The van der Waals surface area contributed by atoms with E-state index in [1.165, 1.54) is 5.56 Å². The molecule has 120 valence electrons. The van der Waals surface area contributed by atoms with Crippen molar-refractivity contribution in [2.24, 2.45) is 0 Å². The number of rotatable bonds is 8. The molecule has 1 aromatic carbocycles. The van der Waals surface area contributed by atoms with Gasteiger partial charge in [-0.2, -0.15) is 0 Å². The van der Waals surface area contributed by atoms with E-state index < -0.39 is 10.0 Å². The van der Waals surface area contributed by atoms with E-state index in [0.29, 0.717) is 19.4 Å². The molecule has 0 atom stereocenters. The van der Waals surface area contributed by atoms with Gasteiger partial charge in [0.15, 0.2) is 0 Å². The summed E-state index contributed by atoms with van der Waals surface area (Å²) in [6, 6.07) is 10.2. The third-order valence-electron chi connectivity index (χ3n) is 3.46. The van der Waals surface area contributed by atoms with Gasteiger partial charge >= 0.3 is 0 Å². The van der Waals surface area contributed by atoms with Crippen LogP contribution in [-0.2, 0) is 23.0 Å². The summed E-state index contributed by atoms with van der Waals surface area (Å²) >= 11 is 0. The van der Waals surface area contributed by atoms with Crippen LogP contribution in [0.5, 0.6) is 0 Å². The van der Waals surface area contributed by atoms with Crippen molar-refractivity contribution in [3.63, 3.8) is 0 Å². The molecule has 0 aliphatic carbocycles. The molecular formula is C16H23N3O2S. The quantitative estimate of drug-likeness (QED) is 0.810. The van der Waals surface area contributed by atoms with Gasteiger partial charge in [0, 0.05) is 31.4 Å². The van der Waals surface area contributed by atoms with Crippen molar-refractivity contribution in [1.29, 1.82) is 0 Å². The first-order valence-corrected chi connectivity index (χ1v) is 9.19. The number of nitrogens with one attached hydrogen (secondary N) is 1. The van der Waals surface area contributed by atoms with E-state index in [-0.39, 0.29) is 5.75 Å². The molecule has 0 aliphatic rings. The number of nitrogens with zero attached hydrogens (tertiary/aromatic N) is 2. The van der Waals surface area contributed by atoms with Gasteiger partial charge in [0.2, 0.25) is 10.0 Å². The van der Waals surface area contributed by atoms with Gasteiger partial charge in [-0.25, -0.2) is 18.1 Å². The maximum absolute atomic E-state index is 11.7. The zero-order valence-electron chi connectivity index (χ0n) is 13.1. The smallest absolute Gasteiger partial charge is 0.211 e. The number of benzene rings is 1. The Morgan fingerprint density at radius 1 is 1.23 bits per heavy atom. The first-order valence-electron chi connectivity index (χ1n) is 7.54. The van der Waals surface area contributed by atoms with Crippen molar-refractivity contribution < 1.29 is 8.42 Å². The van der Waals surface area contributed by atoms with Crippen LogP contribution in [0.2, 0.25) is 0 Å². The molecule has 0 aliphatic heterocycles. The highest BCUT2D eigenvalue weighted by Gasteiger charge is 2.11. The topological polar surface area (TPSA) is 64.0 Å². The average Bonchev–Trinajstić information content (AvgIpc) is 2.81. The molecule has 0 spiro atoms. The van der Waals surface area contributed by atoms with Crippen molar-refractivity contribution in [2.45, 2.75) is 33.2 Å². The molecule has 22 heavy (non-hydrogen) atoms.